The SMILES string of the molecule is CCCCCCCCCCCCCCCCOc1ccc(/C2=C3\C=CC(N3)/C(c3ccc(OCCCCCCCCCCCCCCCC)cc3)=c3/cc/c([nH]3)=C(\c3ccc(OCCCCCCCCCCCCCCCC)cc3)C3C=C/C(=C(\c4ccc(OCCCCCCCCCCCCCCCC)cc4)c4ccc2[nH]4)N3)cc1. The van der Waals surface area contributed by atoms with E-state index in [1.807, 2.05) is 0 Å². The predicted molar refractivity (Wildman–Crippen MR) is 499 cm³/mol. The van der Waals surface area contributed by atoms with E-state index in [1.165, 1.54) is 345 Å². The van der Waals surface area contributed by atoms with Crippen LogP contribution >= 0.6 is 0 Å². The van der Waals surface area contributed by atoms with Gasteiger partial charge in [-0.15, -0.1) is 0 Å². The fourth-order valence-electron chi connectivity index (χ4n) is 17.7. The molecule has 0 aliphatic carbocycles. The first kappa shape index (κ1) is 92.8. The maximum absolute atomic E-state index is 6.51. The molecule has 3 aliphatic heterocycles. The Morgan fingerprint density at radius 1 is 0.216 bits per heavy atom. The van der Waals surface area contributed by atoms with Gasteiger partial charge in [0, 0.05) is 55.8 Å². The van der Waals surface area contributed by atoms with Crippen LogP contribution in [-0.4, -0.2) is 48.5 Å². The number of rotatable bonds is 68. The van der Waals surface area contributed by atoms with Gasteiger partial charge in [-0.3, -0.25) is 0 Å². The third-order valence-corrected chi connectivity index (χ3v) is 24.9. The van der Waals surface area contributed by atoms with Crippen molar-refractivity contribution in [3.63, 3.8) is 0 Å². The zero-order valence-corrected chi connectivity index (χ0v) is 74.1. The number of hydrogen-bond acceptors (Lipinski definition) is 6. The number of H-pyrrole nitrogens is 2. The molecule has 0 fully saturated rings. The van der Waals surface area contributed by atoms with Crippen molar-refractivity contribution in [3.05, 3.63) is 201 Å². The van der Waals surface area contributed by atoms with Gasteiger partial charge in [-0.05, 0) is 133 Å². The number of benzene rings is 4. The van der Waals surface area contributed by atoms with Gasteiger partial charge in [0.05, 0.1) is 38.5 Å². The molecular weight excluding hydrogens is 1420 g/mol. The lowest BCUT2D eigenvalue weighted by Crippen LogP contribution is -2.31. The van der Waals surface area contributed by atoms with Gasteiger partial charge in [-0.25, -0.2) is 0 Å². The molecule has 638 valence electrons. The monoisotopic (exact) mass is 1580 g/mol. The van der Waals surface area contributed by atoms with Crippen molar-refractivity contribution in [2.75, 3.05) is 26.4 Å². The number of allylic oxidation sites excluding steroid dienone is 2. The van der Waals surface area contributed by atoms with Crippen LogP contribution in [0.2, 0.25) is 0 Å². The number of unbranched alkanes of at least 4 members (excludes halogenated alkanes) is 52. The molecule has 5 heterocycles. The highest BCUT2D eigenvalue weighted by Gasteiger charge is 2.28. The summed E-state index contributed by atoms with van der Waals surface area (Å²) >= 11 is 0. The fraction of sp³-hybridized carbons (Fsp3) is 0.611. The number of nitrogens with one attached hydrogen (secondary N) is 4. The van der Waals surface area contributed by atoms with Crippen LogP contribution in [0.5, 0.6) is 23.0 Å². The molecule has 0 saturated heterocycles. The number of hydrogen-bond donors (Lipinski definition) is 4. The van der Waals surface area contributed by atoms with Crippen molar-refractivity contribution < 1.29 is 18.9 Å². The fourth-order valence-corrected chi connectivity index (χ4v) is 17.7. The van der Waals surface area contributed by atoms with Gasteiger partial charge in [0.1, 0.15) is 23.0 Å². The van der Waals surface area contributed by atoms with Gasteiger partial charge in [-0.2, -0.15) is 0 Å². The number of aromatic nitrogens is 2. The lowest BCUT2D eigenvalue weighted by molar-refractivity contribution is 0.304. The molecule has 0 radical (unpaired) electrons. The highest BCUT2D eigenvalue weighted by atomic mass is 16.5. The van der Waals surface area contributed by atoms with E-state index >= 15 is 0 Å². The zero-order chi connectivity index (χ0) is 80.6. The third-order valence-electron chi connectivity index (χ3n) is 24.9. The number of aromatic amines is 2. The standard InChI is InChI=1S/C108H162N4O4/c1-5-9-13-17-21-25-29-33-37-41-45-49-53-57-85-113-93-69-61-89(62-70-93)105-97-77-79-99(109-97)106(90-63-71-94(72-64-90)114-86-58-54-50-46-42-38-34-30-26-22-18-14-10-6-2)101-81-83-103(111-101)108(92-67-75-96(76-68-92)116-88-60-56-52-48-44-40-36-32-28-24-20-16-12-8-4)104-84-82-102(112-104)107(100-80-78-98(105)110-100)91-65-73-95(74-66-91)115-87-59-55-51-47-43-39-35-31-27-23-19-15-11-7-3/h61-84,97,102,109-112H,5-60,85-88H2,1-4H3/b105-98-,106-99-,107-100-,108-104-. The summed E-state index contributed by atoms with van der Waals surface area (Å²) in [7, 11) is 0. The van der Waals surface area contributed by atoms with Gasteiger partial charge in [0.2, 0.25) is 0 Å². The normalized spacial score (nSPS) is 16.7. The maximum atomic E-state index is 6.51. The maximum Gasteiger partial charge on any atom is 0.119 e. The Labute approximate surface area is 707 Å². The summed E-state index contributed by atoms with van der Waals surface area (Å²) in [6.07, 6.45) is 84.7. The van der Waals surface area contributed by atoms with E-state index in [0.29, 0.717) is 0 Å². The molecule has 0 spiro atoms. The third kappa shape index (κ3) is 35.1. The molecule has 3 aliphatic rings. The van der Waals surface area contributed by atoms with Crippen LogP contribution in [-0.2, 0) is 0 Å². The molecule has 2 atom stereocenters. The molecule has 4 aromatic carbocycles. The molecule has 0 amide bonds. The molecule has 2 aromatic heterocycles. The molecule has 8 nitrogen and oxygen atoms in total. The quantitative estimate of drug-likeness (QED) is 0.0284. The summed E-state index contributed by atoms with van der Waals surface area (Å²) in [6.45, 7) is 12.2. The average Bonchev–Trinajstić information content (AvgIpc) is 1.61. The summed E-state index contributed by atoms with van der Waals surface area (Å²) in [5.74, 6) is 3.66. The molecular formula is C108H162N4O4. The van der Waals surface area contributed by atoms with Crippen LogP contribution < -0.4 is 40.3 Å². The smallest absolute Gasteiger partial charge is 0.119 e. The minimum Gasteiger partial charge on any atom is -0.494 e. The summed E-state index contributed by atoms with van der Waals surface area (Å²) < 4.78 is 26.0. The van der Waals surface area contributed by atoms with E-state index in [9.17, 15) is 0 Å². The van der Waals surface area contributed by atoms with Crippen molar-refractivity contribution in [2.45, 2.75) is 399 Å². The van der Waals surface area contributed by atoms with Gasteiger partial charge < -0.3 is 39.5 Å². The largest absolute Gasteiger partial charge is 0.494 e. The van der Waals surface area contributed by atoms with Crippen molar-refractivity contribution in [3.8, 4) is 23.0 Å². The molecule has 9 rings (SSSR count). The molecule has 4 N–H and O–H groups in total. The molecule has 8 bridgehead atoms. The van der Waals surface area contributed by atoms with E-state index in [1.54, 1.807) is 0 Å². The van der Waals surface area contributed by atoms with Crippen LogP contribution in [0, 0.1) is 0 Å². The Bertz CT molecular complexity index is 3530. The van der Waals surface area contributed by atoms with Gasteiger partial charge in [-0.1, -0.05) is 422 Å². The lowest BCUT2D eigenvalue weighted by atomic mass is 9.98. The van der Waals surface area contributed by atoms with E-state index in [0.717, 1.165) is 142 Å². The van der Waals surface area contributed by atoms with Gasteiger partial charge in [0.25, 0.3) is 0 Å². The van der Waals surface area contributed by atoms with Crippen LogP contribution in [0.3, 0.4) is 0 Å². The number of ether oxygens (including phenoxy) is 4. The predicted octanol–water partition coefficient (Wildman–Crippen LogP) is 30.5. The van der Waals surface area contributed by atoms with Crippen molar-refractivity contribution in [1.82, 2.24) is 20.6 Å². The lowest BCUT2D eigenvalue weighted by Gasteiger charge is -2.20. The molecule has 6 aromatic rings. The summed E-state index contributed by atoms with van der Waals surface area (Å²) in [6, 6.07) is 44.3. The Hall–Kier alpha value is -7.06. The van der Waals surface area contributed by atoms with Gasteiger partial charge >= 0.3 is 0 Å². The Kier molecular flexibility index (Phi) is 47.0. The van der Waals surface area contributed by atoms with E-state index in [4.69, 9.17) is 18.9 Å². The van der Waals surface area contributed by atoms with E-state index < -0.39 is 0 Å². The second-order valence-corrected chi connectivity index (χ2v) is 34.8. The first-order valence-electron chi connectivity index (χ1n) is 49.0. The van der Waals surface area contributed by atoms with E-state index in [2.05, 4.69) is 194 Å². The van der Waals surface area contributed by atoms with Crippen molar-refractivity contribution in [1.29, 1.82) is 0 Å². The highest BCUT2D eigenvalue weighted by Crippen LogP contribution is 2.38. The van der Waals surface area contributed by atoms with Crippen LogP contribution in [0.25, 0.3) is 22.3 Å². The van der Waals surface area contributed by atoms with Crippen LogP contribution in [0.1, 0.15) is 421 Å². The summed E-state index contributed by atoms with van der Waals surface area (Å²) in [4.78, 5) is 8.17. The van der Waals surface area contributed by atoms with Crippen LogP contribution in [0.4, 0.5) is 0 Å². The number of fused-ring (bicyclic) bond motifs is 8. The van der Waals surface area contributed by atoms with Crippen molar-refractivity contribution >= 4 is 22.3 Å². The Balaban J connectivity index is 0.934. The van der Waals surface area contributed by atoms with Crippen molar-refractivity contribution in [2.24, 2.45) is 0 Å². The molecule has 0 saturated carbocycles. The minimum atomic E-state index is -0.162. The average molecular weight is 1580 g/mol. The first-order valence-corrected chi connectivity index (χ1v) is 49.0. The highest BCUT2D eigenvalue weighted by molar-refractivity contribution is 5.88. The minimum absolute atomic E-state index is 0.162. The topological polar surface area (TPSA) is 92.6 Å². The first-order chi connectivity index (χ1) is 57.5. The molecule has 116 heavy (non-hydrogen) atoms. The summed E-state index contributed by atoms with van der Waals surface area (Å²) in [5.41, 5.74) is 13.2. The van der Waals surface area contributed by atoms with E-state index in [-0.39, 0.29) is 12.1 Å². The second-order valence-electron chi connectivity index (χ2n) is 34.8. The van der Waals surface area contributed by atoms with Gasteiger partial charge in [0.15, 0.2) is 0 Å². The second kappa shape index (κ2) is 58.8. The zero-order valence-electron chi connectivity index (χ0n) is 74.1. The van der Waals surface area contributed by atoms with Crippen LogP contribution in [0.15, 0.2) is 157 Å². The Morgan fingerprint density at radius 3 is 0.647 bits per heavy atom. The Morgan fingerprint density at radius 2 is 0.422 bits per heavy atom. The molecule has 8 heteroatoms. The molecule has 2 unspecified atom stereocenters. The summed E-state index contributed by atoms with van der Waals surface area (Å²) in [5, 5.41) is 10.4.